The second-order valence-corrected chi connectivity index (χ2v) is 5.68. The van der Waals surface area contributed by atoms with Crippen LogP contribution in [0.1, 0.15) is 25.3 Å². The highest BCUT2D eigenvalue weighted by Crippen LogP contribution is 2.31. The van der Waals surface area contributed by atoms with Crippen molar-refractivity contribution in [2.24, 2.45) is 0 Å². The van der Waals surface area contributed by atoms with Gasteiger partial charge in [-0.15, -0.1) is 0 Å². The minimum Gasteiger partial charge on any atom is -0.374 e. The number of nitrogens with zero attached hydrogens (tertiary/aromatic N) is 2. The Morgan fingerprint density at radius 2 is 2.05 bits per heavy atom. The van der Waals surface area contributed by atoms with Gasteiger partial charge in [0, 0.05) is 24.8 Å². The number of likely N-dealkylation sites (tertiary alicyclic amines) is 1. The van der Waals surface area contributed by atoms with Gasteiger partial charge in [-0.05, 0) is 38.3 Å². The Morgan fingerprint density at radius 1 is 1.43 bits per heavy atom. The van der Waals surface area contributed by atoms with Crippen LogP contribution in [0, 0.1) is 17.0 Å². The number of nitrogens with one attached hydrogen (secondary N) is 1. The predicted octanol–water partition coefficient (Wildman–Crippen LogP) is 2.98. The summed E-state index contributed by atoms with van der Waals surface area (Å²) in [4.78, 5) is 24.4. The monoisotopic (exact) mass is 311 g/mol. The molecule has 0 aromatic heterocycles. The lowest BCUT2D eigenvalue weighted by atomic mass is 10.1. The van der Waals surface area contributed by atoms with Gasteiger partial charge in [-0.1, -0.05) is 11.6 Å². The van der Waals surface area contributed by atoms with Crippen LogP contribution in [-0.4, -0.2) is 34.9 Å². The quantitative estimate of drug-likeness (QED) is 0.685. The normalized spacial score (nSPS) is 15.9. The molecule has 114 valence electrons. The van der Waals surface area contributed by atoms with E-state index in [2.05, 4.69) is 5.32 Å². The Kier molecular flexibility index (Phi) is 4.67. The summed E-state index contributed by atoms with van der Waals surface area (Å²) in [5.74, 6) is 0.0429. The van der Waals surface area contributed by atoms with Gasteiger partial charge < -0.3 is 10.2 Å². The molecule has 6 nitrogen and oxygen atoms in total. The Bertz CT molecular complexity index is 571. The number of halogens is 1. The Hall–Kier alpha value is -1.82. The van der Waals surface area contributed by atoms with Crippen molar-refractivity contribution >= 4 is 28.9 Å². The van der Waals surface area contributed by atoms with Gasteiger partial charge in [0.25, 0.3) is 5.69 Å². The topological polar surface area (TPSA) is 75.5 Å². The summed E-state index contributed by atoms with van der Waals surface area (Å²) >= 11 is 5.91. The van der Waals surface area contributed by atoms with Crippen molar-refractivity contribution in [1.29, 1.82) is 0 Å². The molecule has 1 aliphatic heterocycles. The van der Waals surface area contributed by atoms with Crippen LogP contribution in [0.15, 0.2) is 12.1 Å². The van der Waals surface area contributed by atoms with Crippen molar-refractivity contribution in [2.75, 3.05) is 18.4 Å². The fourth-order valence-electron chi connectivity index (χ4n) is 2.47. The smallest absolute Gasteiger partial charge is 0.288 e. The van der Waals surface area contributed by atoms with Gasteiger partial charge in [0.15, 0.2) is 0 Å². The first-order valence-corrected chi connectivity index (χ1v) is 7.28. The summed E-state index contributed by atoms with van der Waals surface area (Å²) in [6, 6.07) is 2.53. The molecule has 1 saturated heterocycles. The standard InChI is InChI=1S/C14H18ClN3O3/c1-9-7-13(18(20)21)11(15)8-12(9)16-10(2)14(19)17-5-3-4-6-17/h7-8,10,16H,3-6H2,1-2H3. The number of aryl methyl sites for hydroxylation is 1. The Balaban J connectivity index is 2.13. The van der Waals surface area contributed by atoms with Crippen LogP contribution in [0.5, 0.6) is 0 Å². The van der Waals surface area contributed by atoms with Crippen molar-refractivity contribution in [1.82, 2.24) is 4.90 Å². The van der Waals surface area contributed by atoms with Crippen LogP contribution in [0.2, 0.25) is 5.02 Å². The highest BCUT2D eigenvalue weighted by atomic mass is 35.5. The molecule has 1 aromatic carbocycles. The molecule has 1 aromatic rings. The molecule has 0 radical (unpaired) electrons. The average Bonchev–Trinajstić information content (AvgIpc) is 2.95. The fraction of sp³-hybridized carbons (Fsp3) is 0.500. The van der Waals surface area contributed by atoms with Gasteiger partial charge >= 0.3 is 0 Å². The number of nitro benzene ring substituents is 1. The van der Waals surface area contributed by atoms with Crippen molar-refractivity contribution in [3.05, 3.63) is 32.8 Å². The van der Waals surface area contributed by atoms with Gasteiger partial charge in [0.05, 0.1) is 4.92 Å². The number of carbonyl (C=O) groups excluding carboxylic acids is 1. The van der Waals surface area contributed by atoms with E-state index in [4.69, 9.17) is 11.6 Å². The number of nitro groups is 1. The van der Waals surface area contributed by atoms with Gasteiger partial charge in [-0.2, -0.15) is 0 Å². The number of hydrogen-bond donors (Lipinski definition) is 1. The molecule has 0 aliphatic carbocycles. The lowest BCUT2D eigenvalue weighted by Gasteiger charge is -2.22. The molecule has 1 N–H and O–H groups in total. The first kappa shape index (κ1) is 15.6. The third kappa shape index (κ3) is 3.44. The second-order valence-electron chi connectivity index (χ2n) is 5.27. The van der Waals surface area contributed by atoms with E-state index < -0.39 is 4.92 Å². The largest absolute Gasteiger partial charge is 0.374 e. The number of anilines is 1. The van der Waals surface area contributed by atoms with Crippen LogP contribution in [0.25, 0.3) is 0 Å². The fourth-order valence-corrected chi connectivity index (χ4v) is 2.70. The SMILES string of the molecule is Cc1cc([N+](=O)[O-])c(Cl)cc1NC(C)C(=O)N1CCCC1. The molecule has 1 atom stereocenters. The maximum Gasteiger partial charge on any atom is 0.288 e. The van der Waals surface area contributed by atoms with Crippen molar-refractivity contribution < 1.29 is 9.72 Å². The zero-order valence-electron chi connectivity index (χ0n) is 12.1. The summed E-state index contributed by atoms with van der Waals surface area (Å²) in [6.45, 7) is 5.13. The summed E-state index contributed by atoms with van der Waals surface area (Å²) in [5, 5.41) is 14.0. The molecule has 0 saturated carbocycles. The number of hydrogen-bond acceptors (Lipinski definition) is 4. The Morgan fingerprint density at radius 3 is 2.62 bits per heavy atom. The van der Waals surface area contributed by atoms with E-state index in [-0.39, 0.29) is 22.7 Å². The second kappa shape index (κ2) is 6.30. The lowest BCUT2D eigenvalue weighted by Crippen LogP contribution is -2.39. The molecule has 1 aliphatic rings. The van der Waals surface area contributed by atoms with Crippen LogP contribution < -0.4 is 5.32 Å². The molecule has 0 spiro atoms. The summed E-state index contributed by atoms with van der Waals surface area (Å²) in [7, 11) is 0. The van der Waals surface area contributed by atoms with E-state index in [0.717, 1.165) is 25.9 Å². The molecule has 1 heterocycles. The minimum atomic E-state index is -0.516. The third-order valence-corrected chi connectivity index (χ3v) is 3.95. The molecule has 1 fully saturated rings. The van der Waals surface area contributed by atoms with Gasteiger partial charge in [0.2, 0.25) is 5.91 Å². The van der Waals surface area contributed by atoms with E-state index in [0.29, 0.717) is 11.3 Å². The highest BCUT2D eigenvalue weighted by Gasteiger charge is 2.24. The van der Waals surface area contributed by atoms with E-state index in [1.165, 1.54) is 12.1 Å². The summed E-state index contributed by atoms with van der Waals surface area (Å²) in [5.41, 5.74) is 1.20. The molecule has 1 amide bonds. The lowest BCUT2D eigenvalue weighted by molar-refractivity contribution is -0.384. The van der Waals surface area contributed by atoms with E-state index in [1.807, 2.05) is 4.90 Å². The third-order valence-electron chi connectivity index (χ3n) is 3.65. The minimum absolute atomic E-state index is 0.0429. The summed E-state index contributed by atoms with van der Waals surface area (Å²) in [6.07, 6.45) is 2.09. The molecular formula is C14H18ClN3O3. The summed E-state index contributed by atoms with van der Waals surface area (Å²) < 4.78 is 0. The van der Waals surface area contributed by atoms with Crippen molar-refractivity contribution in [3.8, 4) is 0 Å². The number of amides is 1. The molecule has 0 bridgehead atoms. The van der Waals surface area contributed by atoms with Crippen LogP contribution in [0.4, 0.5) is 11.4 Å². The Labute approximate surface area is 128 Å². The van der Waals surface area contributed by atoms with Crippen LogP contribution in [0.3, 0.4) is 0 Å². The van der Waals surface area contributed by atoms with E-state index in [1.54, 1.807) is 13.8 Å². The molecule has 21 heavy (non-hydrogen) atoms. The predicted molar refractivity (Wildman–Crippen MR) is 81.7 cm³/mol. The van der Waals surface area contributed by atoms with Gasteiger partial charge in [-0.3, -0.25) is 14.9 Å². The number of benzene rings is 1. The highest BCUT2D eigenvalue weighted by molar-refractivity contribution is 6.33. The molecular weight excluding hydrogens is 294 g/mol. The number of rotatable bonds is 4. The van der Waals surface area contributed by atoms with Gasteiger partial charge in [-0.25, -0.2) is 0 Å². The van der Waals surface area contributed by atoms with Gasteiger partial charge in [0.1, 0.15) is 11.1 Å². The molecule has 2 rings (SSSR count). The molecule has 7 heteroatoms. The number of carbonyl (C=O) groups is 1. The van der Waals surface area contributed by atoms with E-state index >= 15 is 0 Å². The first-order chi connectivity index (χ1) is 9.90. The van der Waals surface area contributed by atoms with Crippen LogP contribution in [-0.2, 0) is 4.79 Å². The maximum atomic E-state index is 12.2. The zero-order valence-corrected chi connectivity index (χ0v) is 12.8. The van der Waals surface area contributed by atoms with Crippen molar-refractivity contribution in [2.45, 2.75) is 32.7 Å². The van der Waals surface area contributed by atoms with Crippen molar-refractivity contribution in [3.63, 3.8) is 0 Å². The average molecular weight is 312 g/mol. The maximum absolute atomic E-state index is 12.2. The zero-order chi connectivity index (χ0) is 15.6. The first-order valence-electron chi connectivity index (χ1n) is 6.90. The van der Waals surface area contributed by atoms with E-state index in [9.17, 15) is 14.9 Å². The molecule has 1 unspecified atom stereocenters. The van der Waals surface area contributed by atoms with Crippen LogP contribution >= 0.6 is 11.6 Å².